The molecule has 0 spiro atoms. The van der Waals surface area contributed by atoms with E-state index in [0.29, 0.717) is 18.1 Å². The standard InChI is InChI=1S/C17H15ClF3N5O3/c18-11-7-10(17(19,20)21)8-22-15(11)23-14(27)9-29-16(28)12-3-4-13(25-24-12)26-5-1-2-6-26/h3-4,7-8H,1-2,5-6,9H2,(H,22,23,27). The smallest absolute Gasteiger partial charge is 0.417 e. The molecule has 0 radical (unpaired) electrons. The van der Waals surface area contributed by atoms with Gasteiger partial charge >= 0.3 is 12.1 Å². The second kappa shape index (κ2) is 8.60. The largest absolute Gasteiger partial charge is 0.451 e. The van der Waals surface area contributed by atoms with Gasteiger partial charge in [0.2, 0.25) is 0 Å². The average molecular weight is 430 g/mol. The van der Waals surface area contributed by atoms with Crippen LogP contribution in [0.3, 0.4) is 0 Å². The molecule has 1 N–H and O–H groups in total. The summed E-state index contributed by atoms with van der Waals surface area (Å²) in [5, 5.41) is 9.54. The quantitative estimate of drug-likeness (QED) is 0.730. The van der Waals surface area contributed by atoms with Crippen LogP contribution in [0, 0.1) is 0 Å². The predicted octanol–water partition coefficient (Wildman–Crippen LogP) is 2.94. The van der Waals surface area contributed by atoms with Crippen LogP contribution < -0.4 is 10.2 Å². The molecule has 0 bridgehead atoms. The van der Waals surface area contributed by atoms with E-state index in [4.69, 9.17) is 16.3 Å². The maximum Gasteiger partial charge on any atom is 0.417 e. The number of esters is 1. The number of aromatic nitrogens is 3. The fourth-order valence-corrected chi connectivity index (χ4v) is 2.82. The van der Waals surface area contributed by atoms with Crippen molar-refractivity contribution in [2.75, 3.05) is 29.9 Å². The van der Waals surface area contributed by atoms with Crippen LogP contribution in [0.15, 0.2) is 24.4 Å². The number of carbonyl (C=O) groups excluding carboxylic acids is 2. The van der Waals surface area contributed by atoms with E-state index in [0.717, 1.165) is 25.9 Å². The fraction of sp³-hybridized carbons (Fsp3) is 0.353. The number of alkyl halides is 3. The van der Waals surface area contributed by atoms with Gasteiger partial charge in [0.25, 0.3) is 5.91 Å². The number of nitrogens with zero attached hydrogens (tertiary/aromatic N) is 4. The van der Waals surface area contributed by atoms with E-state index in [2.05, 4.69) is 20.5 Å². The second-order valence-corrected chi connectivity index (χ2v) is 6.55. The molecule has 29 heavy (non-hydrogen) atoms. The van der Waals surface area contributed by atoms with Crippen molar-refractivity contribution < 1.29 is 27.5 Å². The number of hydrogen-bond donors (Lipinski definition) is 1. The Hall–Kier alpha value is -2.95. The molecule has 2 aromatic rings. The number of nitrogens with one attached hydrogen (secondary N) is 1. The normalized spacial score (nSPS) is 14.0. The zero-order valence-corrected chi connectivity index (χ0v) is 15.6. The van der Waals surface area contributed by atoms with Crippen LogP contribution in [-0.4, -0.2) is 46.8 Å². The number of anilines is 2. The number of pyridine rings is 1. The van der Waals surface area contributed by atoms with Crippen molar-refractivity contribution in [1.29, 1.82) is 0 Å². The molecule has 1 amide bonds. The molecule has 0 saturated carbocycles. The molecule has 2 aromatic heterocycles. The summed E-state index contributed by atoms with van der Waals surface area (Å²) in [6.45, 7) is 1.05. The SMILES string of the molecule is O=C(COC(=O)c1ccc(N2CCCC2)nn1)Nc1ncc(C(F)(F)F)cc1Cl. The molecule has 154 valence electrons. The lowest BCUT2D eigenvalue weighted by Crippen LogP contribution is -2.23. The first-order valence-electron chi connectivity index (χ1n) is 8.52. The molecule has 1 saturated heterocycles. The van der Waals surface area contributed by atoms with Gasteiger partial charge in [-0.3, -0.25) is 4.79 Å². The summed E-state index contributed by atoms with van der Waals surface area (Å²) in [6.07, 6.45) is -1.94. The van der Waals surface area contributed by atoms with E-state index < -0.39 is 35.2 Å². The Morgan fingerprint density at radius 1 is 1.21 bits per heavy atom. The first kappa shape index (κ1) is 20.8. The molecule has 1 aliphatic rings. The molecule has 0 aliphatic carbocycles. The summed E-state index contributed by atoms with van der Waals surface area (Å²) < 4.78 is 42.6. The highest BCUT2D eigenvalue weighted by atomic mass is 35.5. The number of rotatable bonds is 5. The Morgan fingerprint density at radius 3 is 2.52 bits per heavy atom. The minimum atomic E-state index is -4.61. The van der Waals surface area contributed by atoms with Crippen molar-refractivity contribution in [3.05, 3.63) is 40.7 Å². The van der Waals surface area contributed by atoms with Gasteiger partial charge in [0.15, 0.2) is 23.9 Å². The van der Waals surface area contributed by atoms with Crippen LogP contribution in [0.1, 0.15) is 28.9 Å². The molecule has 3 rings (SSSR count). The number of hydrogen-bond acceptors (Lipinski definition) is 7. The number of carbonyl (C=O) groups is 2. The summed E-state index contributed by atoms with van der Waals surface area (Å²) in [4.78, 5) is 29.3. The number of halogens is 4. The molecular formula is C17H15ClF3N5O3. The van der Waals surface area contributed by atoms with Gasteiger partial charge in [-0.15, -0.1) is 10.2 Å². The number of amides is 1. The van der Waals surface area contributed by atoms with Crippen LogP contribution in [-0.2, 0) is 15.7 Å². The van der Waals surface area contributed by atoms with Gasteiger partial charge in [0.1, 0.15) is 0 Å². The summed E-state index contributed by atoms with van der Waals surface area (Å²) >= 11 is 5.70. The van der Waals surface area contributed by atoms with Crippen molar-refractivity contribution in [3.63, 3.8) is 0 Å². The average Bonchev–Trinajstić information content (AvgIpc) is 3.22. The van der Waals surface area contributed by atoms with Crippen molar-refractivity contribution in [2.45, 2.75) is 19.0 Å². The minimum Gasteiger partial charge on any atom is -0.451 e. The highest BCUT2D eigenvalue weighted by Gasteiger charge is 2.31. The van der Waals surface area contributed by atoms with E-state index in [1.54, 1.807) is 6.07 Å². The monoisotopic (exact) mass is 429 g/mol. The third kappa shape index (κ3) is 5.31. The predicted molar refractivity (Wildman–Crippen MR) is 96.6 cm³/mol. The molecular weight excluding hydrogens is 415 g/mol. The topological polar surface area (TPSA) is 97.3 Å². The molecule has 3 heterocycles. The third-order valence-electron chi connectivity index (χ3n) is 4.05. The first-order chi connectivity index (χ1) is 13.7. The second-order valence-electron chi connectivity index (χ2n) is 6.15. The zero-order chi connectivity index (χ0) is 21.0. The van der Waals surface area contributed by atoms with Crippen LogP contribution in [0.5, 0.6) is 0 Å². The molecule has 1 fully saturated rings. The van der Waals surface area contributed by atoms with E-state index in [-0.39, 0.29) is 11.5 Å². The van der Waals surface area contributed by atoms with Gasteiger partial charge in [0.05, 0.1) is 10.6 Å². The maximum absolute atomic E-state index is 12.6. The Bertz CT molecular complexity index is 902. The van der Waals surface area contributed by atoms with Crippen molar-refractivity contribution in [3.8, 4) is 0 Å². The highest BCUT2D eigenvalue weighted by molar-refractivity contribution is 6.33. The van der Waals surface area contributed by atoms with E-state index in [9.17, 15) is 22.8 Å². The highest BCUT2D eigenvalue weighted by Crippen LogP contribution is 2.32. The lowest BCUT2D eigenvalue weighted by molar-refractivity contribution is -0.137. The fourth-order valence-electron chi connectivity index (χ4n) is 2.61. The minimum absolute atomic E-state index is 0.0774. The molecule has 8 nitrogen and oxygen atoms in total. The van der Waals surface area contributed by atoms with Gasteiger partial charge in [-0.25, -0.2) is 9.78 Å². The molecule has 1 aliphatic heterocycles. The summed E-state index contributed by atoms with van der Waals surface area (Å²) in [5.41, 5.74) is -1.13. The van der Waals surface area contributed by atoms with Gasteiger partial charge < -0.3 is 15.0 Å². The summed E-state index contributed by atoms with van der Waals surface area (Å²) in [7, 11) is 0. The van der Waals surface area contributed by atoms with Crippen molar-refractivity contribution in [2.24, 2.45) is 0 Å². The van der Waals surface area contributed by atoms with Crippen LogP contribution >= 0.6 is 11.6 Å². The van der Waals surface area contributed by atoms with Crippen LogP contribution in [0.4, 0.5) is 24.8 Å². The van der Waals surface area contributed by atoms with Gasteiger partial charge in [-0.05, 0) is 31.0 Å². The van der Waals surface area contributed by atoms with E-state index in [1.165, 1.54) is 6.07 Å². The molecule has 0 unspecified atom stereocenters. The van der Waals surface area contributed by atoms with Gasteiger partial charge in [-0.1, -0.05) is 11.6 Å². The van der Waals surface area contributed by atoms with Gasteiger partial charge in [-0.2, -0.15) is 13.2 Å². The van der Waals surface area contributed by atoms with Crippen LogP contribution in [0.2, 0.25) is 5.02 Å². The summed E-state index contributed by atoms with van der Waals surface area (Å²) in [5.74, 6) is -1.32. The van der Waals surface area contributed by atoms with E-state index >= 15 is 0 Å². The molecule has 0 atom stereocenters. The van der Waals surface area contributed by atoms with E-state index in [1.807, 2.05) is 4.90 Å². The zero-order valence-electron chi connectivity index (χ0n) is 14.9. The van der Waals surface area contributed by atoms with Gasteiger partial charge in [0, 0.05) is 19.3 Å². The van der Waals surface area contributed by atoms with Crippen LogP contribution in [0.25, 0.3) is 0 Å². The lowest BCUT2D eigenvalue weighted by Gasteiger charge is -2.15. The lowest BCUT2D eigenvalue weighted by atomic mass is 10.3. The van der Waals surface area contributed by atoms with Crippen molar-refractivity contribution in [1.82, 2.24) is 15.2 Å². The first-order valence-corrected chi connectivity index (χ1v) is 8.90. The maximum atomic E-state index is 12.6. The Labute approximate surface area is 168 Å². The number of ether oxygens (including phenoxy) is 1. The Morgan fingerprint density at radius 2 is 1.93 bits per heavy atom. The molecule has 12 heteroatoms. The molecule has 0 aromatic carbocycles. The van der Waals surface area contributed by atoms with Crippen molar-refractivity contribution >= 4 is 35.1 Å². The Kier molecular flexibility index (Phi) is 6.16. The third-order valence-corrected chi connectivity index (χ3v) is 4.34. The summed E-state index contributed by atoms with van der Waals surface area (Å²) in [6, 6.07) is 3.71. The Balaban J connectivity index is 1.53.